The van der Waals surface area contributed by atoms with Crippen LogP contribution < -0.4 is 5.32 Å². The molecule has 2 N–H and O–H groups in total. The highest BCUT2D eigenvalue weighted by Gasteiger charge is 2.39. The molecule has 5 nitrogen and oxygen atoms in total. The number of rotatable bonds is 6. The van der Waals surface area contributed by atoms with E-state index >= 15 is 0 Å². The molecule has 0 bridgehead atoms. The van der Waals surface area contributed by atoms with E-state index in [1.807, 2.05) is 13.8 Å². The van der Waals surface area contributed by atoms with E-state index in [2.05, 4.69) is 10.4 Å². The molecule has 1 amide bonds. The lowest BCUT2D eigenvalue weighted by atomic mass is 9.95. The molecule has 22 heavy (non-hydrogen) atoms. The van der Waals surface area contributed by atoms with Gasteiger partial charge in [-0.2, -0.15) is 18.3 Å². The van der Waals surface area contributed by atoms with Crippen molar-refractivity contribution in [3.8, 4) is 0 Å². The third kappa shape index (κ3) is 5.32. The minimum Gasteiger partial charge on any atom is -0.388 e. The van der Waals surface area contributed by atoms with Crippen molar-refractivity contribution in [1.82, 2.24) is 15.1 Å². The molecule has 8 heteroatoms. The van der Waals surface area contributed by atoms with Crippen LogP contribution >= 0.6 is 0 Å². The molecule has 0 fully saturated rings. The van der Waals surface area contributed by atoms with Crippen molar-refractivity contribution in [2.75, 3.05) is 6.54 Å². The largest absolute Gasteiger partial charge is 0.435 e. The third-order valence-corrected chi connectivity index (χ3v) is 3.23. The SMILES string of the molecule is CC(C)CCC(C)(O)CNC(=O)c1cn(C)nc1C(F)(F)F. The summed E-state index contributed by atoms with van der Waals surface area (Å²) in [5.41, 5.74) is -2.94. The minimum absolute atomic E-state index is 0.120. The van der Waals surface area contributed by atoms with E-state index in [1.165, 1.54) is 7.05 Å². The number of alkyl halides is 3. The number of hydrogen-bond donors (Lipinski definition) is 2. The predicted octanol–water partition coefficient (Wildman–Crippen LogP) is 2.36. The normalized spacial score (nSPS) is 15.0. The van der Waals surface area contributed by atoms with Gasteiger partial charge in [-0.3, -0.25) is 9.48 Å². The summed E-state index contributed by atoms with van der Waals surface area (Å²) in [7, 11) is 1.31. The summed E-state index contributed by atoms with van der Waals surface area (Å²) >= 11 is 0. The van der Waals surface area contributed by atoms with Gasteiger partial charge in [0.2, 0.25) is 0 Å². The van der Waals surface area contributed by atoms with Crippen LogP contribution in [0.3, 0.4) is 0 Å². The molecule has 1 heterocycles. The maximum Gasteiger partial charge on any atom is 0.435 e. The van der Waals surface area contributed by atoms with Gasteiger partial charge in [-0.05, 0) is 25.7 Å². The first kappa shape index (κ1) is 18.5. The highest BCUT2D eigenvalue weighted by Crippen LogP contribution is 2.30. The summed E-state index contributed by atoms with van der Waals surface area (Å²) in [5, 5.41) is 15.8. The van der Waals surface area contributed by atoms with Crippen LogP contribution in [-0.2, 0) is 13.2 Å². The lowest BCUT2D eigenvalue weighted by Gasteiger charge is -2.24. The summed E-state index contributed by atoms with van der Waals surface area (Å²) < 4.78 is 39.3. The predicted molar refractivity (Wildman–Crippen MR) is 75.2 cm³/mol. The van der Waals surface area contributed by atoms with Gasteiger partial charge in [0.05, 0.1) is 11.2 Å². The number of nitrogens with one attached hydrogen (secondary N) is 1. The van der Waals surface area contributed by atoms with Crippen molar-refractivity contribution in [2.45, 2.75) is 45.4 Å². The van der Waals surface area contributed by atoms with Gasteiger partial charge in [0.1, 0.15) is 0 Å². The fraction of sp³-hybridized carbons (Fsp3) is 0.714. The highest BCUT2D eigenvalue weighted by molar-refractivity contribution is 5.95. The topological polar surface area (TPSA) is 67.2 Å². The van der Waals surface area contributed by atoms with Gasteiger partial charge in [0.15, 0.2) is 5.69 Å². The second kappa shape index (κ2) is 6.68. The number of hydrogen-bond acceptors (Lipinski definition) is 3. The Hall–Kier alpha value is -1.57. The van der Waals surface area contributed by atoms with Crippen LogP contribution in [0.25, 0.3) is 0 Å². The number of aliphatic hydroxyl groups is 1. The summed E-state index contributed by atoms with van der Waals surface area (Å²) in [5.74, 6) is -0.512. The van der Waals surface area contributed by atoms with Gasteiger partial charge in [-0.15, -0.1) is 0 Å². The number of aromatic nitrogens is 2. The number of halogens is 3. The zero-order valence-corrected chi connectivity index (χ0v) is 13.2. The van der Waals surface area contributed by atoms with E-state index in [-0.39, 0.29) is 6.54 Å². The molecule has 126 valence electrons. The molecule has 1 atom stereocenters. The molecule has 0 aliphatic rings. The molecule has 0 aliphatic carbocycles. The molecule has 0 aliphatic heterocycles. The maximum absolute atomic E-state index is 12.8. The van der Waals surface area contributed by atoms with Gasteiger partial charge < -0.3 is 10.4 Å². The third-order valence-electron chi connectivity index (χ3n) is 3.23. The Morgan fingerprint density at radius 1 is 1.45 bits per heavy atom. The first-order valence-corrected chi connectivity index (χ1v) is 7.04. The number of aryl methyl sites for hydroxylation is 1. The average molecular weight is 321 g/mol. The summed E-state index contributed by atoms with van der Waals surface area (Å²) in [4.78, 5) is 11.9. The Bertz CT molecular complexity index is 522. The Labute approximate surface area is 127 Å². The second-order valence-corrected chi connectivity index (χ2v) is 6.17. The van der Waals surface area contributed by atoms with Crippen LogP contribution in [0.15, 0.2) is 6.20 Å². The van der Waals surface area contributed by atoms with Gasteiger partial charge in [0.25, 0.3) is 5.91 Å². The number of nitrogens with zero attached hydrogens (tertiary/aromatic N) is 2. The summed E-state index contributed by atoms with van der Waals surface area (Å²) in [6.07, 6.45) is -2.48. The van der Waals surface area contributed by atoms with Gasteiger partial charge in [-0.25, -0.2) is 0 Å². The Morgan fingerprint density at radius 3 is 2.55 bits per heavy atom. The molecule has 0 spiro atoms. The zero-order valence-electron chi connectivity index (χ0n) is 13.2. The van der Waals surface area contributed by atoms with Crippen LogP contribution in [0.5, 0.6) is 0 Å². The van der Waals surface area contributed by atoms with Crippen molar-refractivity contribution < 1.29 is 23.1 Å². The van der Waals surface area contributed by atoms with Crippen LogP contribution in [0.1, 0.15) is 49.7 Å². The fourth-order valence-corrected chi connectivity index (χ4v) is 1.92. The van der Waals surface area contributed by atoms with E-state index in [1.54, 1.807) is 6.92 Å². The van der Waals surface area contributed by atoms with E-state index < -0.39 is 28.9 Å². The first-order valence-electron chi connectivity index (χ1n) is 7.04. The standard InChI is InChI=1S/C14H22F3N3O2/c1-9(2)5-6-13(3,22)8-18-12(21)10-7-20(4)19-11(10)14(15,16)17/h7,9,22H,5-6,8H2,1-4H3,(H,18,21). The van der Waals surface area contributed by atoms with E-state index in [9.17, 15) is 23.1 Å². The van der Waals surface area contributed by atoms with Gasteiger partial charge >= 0.3 is 6.18 Å². The van der Waals surface area contributed by atoms with E-state index in [0.29, 0.717) is 12.3 Å². The van der Waals surface area contributed by atoms with Crippen LogP contribution in [-0.4, -0.2) is 32.9 Å². The molecule has 1 unspecified atom stereocenters. The molecule has 0 saturated heterocycles. The Kier molecular flexibility index (Phi) is 5.61. The second-order valence-electron chi connectivity index (χ2n) is 6.17. The lowest BCUT2D eigenvalue weighted by Crippen LogP contribution is -2.41. The van der Waals surface area contributed by atoms with Crippen molar-refractivity contribution >= 4 is 5.91 Å². The lowest BCUT2D eigenvalue weighted by molar-refractivity contribution is -0.141. The summed E-state index contributed by atoms with van der Waals surface area (Å²) in [6, 6.07) is 0. The van der Waals surface area contributed by atoms with Crippen LogP contribution in [0, 0.1) is 5.92 Å². The molecule has 0 saturated carbocycles. The van der Waals surface area contributed by atoms with E-state index in [4.69, 9.17) is 0 Å². The monoisotopic (exact) mass is 321 g/mol. The number of amides is 1. The summed E-state index contributed by atoms with van der Waals surface area (Å²) in [6.45, 7) is 5.42. The molecule has 1 rings (SSSR count). The Balaban J connectivity index is 2.74. The average Bonchev–Trinajstić information content (AvgIpc) is 2.76. The molecule has 1 aromatic heterocycles. The quantitative estimate of drug-likeness (QED) is 0.845. The van der Waals surface area contributed by atoms with Crippen LogP contribution in [0.4, 0.5) is 13.2 Å². The maximum atomic E-state index is 12.8. The first-order chi connectivity index (χ1) is 9.92. The highest BCUT2D eigenvalue weighted by atomic mass is 19.4. The minimum atomic E-state index is -4.70. The van der Waals surface area contributed by atoms with Crippen molar-refractivity contribution in [3.05, 3.63) is 17.5 Å². The van der Waals surface area contributed by atoms with E-state index in [0.717, 1.165) is 17.3 Å². The molecular weight excluding hydrogens is 299 g/mol. The number of carbonyl (C=O) groups excluding carboxylic acids is 1. The van der Waals surface area contributed by atoms with Crippen LogP contribution in [0.2, 0.25) is 0 Å². The molecule has 1 aromatic rings. The van der Waals surface area contributed by atoms with Crippen molar-refractivity contribution in [3.63, 3.8) is 0 Å². The number of carbonyl (C=O) groups is 1. The zero-order chi connectivity index (χ0) is 17.1. The fourth-order valence-electron chi connectivity index (χ4n) is 1.92. The molecule has 0 radical (unpaired) electrons. The molecule has 0 aromatic carbocycles. The van der Waals surface area contributed by atoms with Crippen molar-refractivity contribution in [2.24, 2.45) is 13.0 Å². The van der Waals surface area contributed by atoms with Crippen molar-refractivity contribution in [1.29, 1.82) is 0 Å². The van der Waals surface area contributed by atoms with Gasteiger partial charge in [-0.1, -0.05) is 13.8 Å². The Morgan fingerprint density at radius 2 is 2.05 bits per heavy atom. The molecular formula is C14H22F3N3O2. The van der Waals surface area contributed by atoms with Gasteiger partial charge in [0, 0.05) is 19.8 Å². The smallest absolute Gasteiger partial charge is 0.388 e.